The van der Waals surface area contributed by atoms with E-state index in [4.69, 9.17) is 16.7 Å². The molecule has 1 saturated heterocycles. The zero-order valence-electron chi connectivity index (χ0n) is 11.2. The van der Waals surface area contributed by atoms with Gasteiger partial charge in [0, 0.05) is 19.5 Å². The third-order valence-corrected chi connectivity index (χ3v) is 4.07. The van der Waals surface area contributed by atoms with Crippen molar-refractivity contribution in [2.24, 2.45) is 5.92 Å². The van der Waals surface area contributed by atoms with Gasteiger partial charge in [-0.3, -0.25) is 4.79 Å². The second-order valence-corrected chi connectivity index (χ2v) is 5.55. The van der Waals surface area contributed by atoms with E-state index < -0.39 is 17.7 Å². The fourth-order valence-electron chi connectivity index (χ4n) is 2.60. The normalized spacial score (nSPS) is 19.0. The number of halogens is 4. The number of carboxylic acid groups (broad SMARTS) is 1. The van der Waals surface area contributed by atoms with Crippen molar-refractivity contribution in [1.82, 2.24) is 0 Å². The number of hydrogen-bond donors (Lipinski definition) is 1. The summed E-state index contributed by atoms with van der Waals surface area (Å²) >= 11 is 5.89. The lowest BCUT2D eigenvalue weighted by Gasteiger charge is -2.22. The maximum Gasteiger partial charge on any atom is 0.417 e. The monoisotopic (exact) mass is 321 g/mol. The molecule has 116 valence electrons. The number of carbonyl (C=O) groups is 1. The van der Waals surface area contributed by atoms with Gasteiger partial charge < -0.3 is 10.0 Å². The summed E-state index contributed by atoms with van der Waals surface area (Å²) in [4.78, 5) is 12.4. The van der Waals surface area contributed by atoms with Gasteiger partial charge in [0.2, 0.25) is 0 Å². The van der Waals surface area contributed by atoms with Crippen LogP contribution in [0.15, 0.2) is 18.2 Å². The van der Waals surface area contributed by atoms with Crippen LogP contribution in [-0.2, 0) is 11.0 Å². The number of alkyl halides is 3. The Bertz CT molecular complexity index is 533. The van der Waals surface area contributed by atoms with Gasteiger partial charge in [-0.2, -0.15) is 13.2 Å². The summed E-state index contributed by atoms with van der Waals surface area (Å²) in [6.45, 7) is 1.12. The van der Waals surface area contributed by atoms with Crippen LogP contribution in [0.4, 0.5) is 18.9 Å². The number of nitrogens with zero attached hydrogens (tertiary/aromatic N) is 1. The summed E-state index contributed by atoms with van der Waals surface area (Å²) in [6, 6.07) is 3.87. The van der Waals surface area contributed by atoms with Crippen molar-refractivity contribution < 1.29 is 23.1 Å². The van der Waals surface area contributed by atoms with Gasteiger partial charge >= 0.3 is 12.1 Å². The van der Waals surface area contributed by atoms with E-state index in [0.717, 1.165) is 12.5 Å². The molecule has 1 aromatic rings. The van der Waals surface area contributed by atoms with Crippen molar-refractivity contribution in [3.8, 4) is 0 Å². The van der Waals surface area contributed by atoms with E-state index in [1.165, 1.54) is 6.07 Å². The topological polar surface area (TPSA) is 40.5 Å². The van der Waals surface area contributed by atoms with Gasteiger partial charge in [0.25, 0.3) is 0 Å². The average molecular weight is 322 g/mol. The van der Waals surface area contributed by atoms with Crippen molar-refractivity contribution in [1.29, 1.82) is 0 Å². The summed E-state index contributed by atoms with van der Waals surface area (Å²) in [6.07, 6.45) is -3.10. The molecule has 1 aliphatic rings. The van der Waals surface area contributed by atoms with Crippen molar-refractivity contribution in [2.45, 2.75) is 25.4 Å². The van der Waals surface area contributed by atoms with Crippen LogP contribution < -0.4 is 4.90 Å². The molecule has 1 heterocycles. The van der Waals surface area contributed by atoms with Crippen LogP contribution >= 0.6 is 11.6 Å². The quantitative estimate of drug-likeness (QED) is 0.909. The fraction of sp³-hybridized carbons (Fsp3) is 0.500. The zero-order valence-corrected chi connectivity index (χ0v) is 11.9. The first-order valence-corrected chi connectivity index (χ1v) is 6.99. The van der Waals surface area contributed by atoms with Crippen LogP contribution in [-0.4, -0.2) is 24.2 Å². The number of benzene rings is 1. The molecule has 7 heteroatoms. The lowest BCUT2D eigenvalue weighted by atomic mass is 10.0. The van der Waals surface area contributed by atoms with Crippen LogP contribution in [0.25, 0.3) is 0 Å². The minimum Gasteiger partial charge on any atom is -0.481 e. The van der Waals surface area contributed by atoms with Gasteiger partial charge in [0.05, 0.1) is 16.3 Å². The van der Waals surface area contributed by atoms with E-state index in [1.54, 1.807) is 11.0 Å². The van der Waals surface area contributed by atoms with Crippen LogP contribution in [0, 0.1) is 5.92 Å². The molecule has 1 aromatic carbocycles. The molecular formula is C14H15ClF3NO2. The Labute approximate surface area is 125 Å². The second kappa shape index (κ2) is 6.13. The molecule has 0 aromatic heterocycles. The minimum atomic E-state index is -4.48. The van der Waals surface area contributed by atoms with Crippen LogP contribution in [0.1, 0.15) is 24.8 Å². The molecular weight excluding hydrogens is 307 g/mol. The lowest BCUT2D eigenvalue weighted by molar-refractivity contribution is -0.138. The average Bonchev–Trinajstić information content (AvgIpc) is 2.83. The van der Waals surface area contributed by atoms with Gasteiger partial charge in [0.15, 0.2) is 0 Å². The van der Waals surface area contributed by atoms with Crippen LogP contribution in [0.2, 0.25) is 5.02 Å². The number of aliphatic carboxylic acids is 1. The summed E-state index contributed by atoms with van der Waals surface area (Å²) in [5.74, 6) is -0.683. The number of carboxylic acids is 1. The van der Waals surface area contributed by atoms with Crippen molar-refractivity contribution in [2.75, 3.05) is 18.0 Å². The van der Waals surface area contributed by atoms with E-state index in [0.29, 0.717) is 25.2 Å². The van der Waals surface area contributed by atoms with Gasteiger partial charge in [-0.25, -0.2) is 0 Å². The maximum absolute atomic E-state index is 12.8. The third-order valence-electron chi connectivity index (χ3n) is 3.68. The molecule has 0 spiro atoms. The molecule has 2 rings (SSSR count). The first kappa shape index (κ1) is 15.9. The summed E-state index contributed by atoms with van der Waals surface area (Å²) in [5, 5.41) is 8.38. The van der Waals surface area contributed by atoms with E-state index in [-0.39, 0.29) is 17.4 Å². The minimum absolute atomic E-state index is 0.0782. The molecule has 3 nitrogen and oxygen atoms in total. The molecule has 0 aliphatic carbocycles. The number of hydrogen-bond acceptors (Lipinski definition) is 2. The summed E-state index contributed by atoms with van der Waals surface area (Å²) < 4.78 is 38.5. The highest BCUT2D eigenvalue weighted by molar-refractivity contribution is 6.34. The highest BCUT2D eigenvalue weighted by Crippen LogP contribution is 2.40. The molecule has 0 amide bonds. The van der Waals surface area contributed by atoms with Gasteiger partial charge in [-0.05, 0) is 30.9 Å². The Kier molecular flexibility index (Phi) is 4.66. The van der Waals surface area contributed by atoms with E-state index in [9.17, 15) is 18.0 Å². The van der Waals surface area contributed by atoms with Gasteiger partial charge in [0.1, 0.15) is 0 Å². The molecule has 1 aliphatic heterocycles. The molecule has 1 N–H and O–H groups in total. The van der Waals surface area contributed by atoms with E-state index >= 15 is 0 Å². The van der Waals surface area contributed by atoms with Crippen molar-refractivity contribution in [3.63, 3.8) is 0 Å². The Morgan fingerprint density at radius 1 is 1.43 bits per heavy atom. The highest BCUT2D eigenvalue weighted by atomic mass is 35.5. The second-order valence-electron chi connectivity index (χ2n) is 5.17. The Balaban J connectivity index is 2.12. The predicted molar refractivity (Wildman–Crippen MR) is 73.6 cm³/mol. The molecule has 0 saturated carbocycles. The van der Waals surface area contributed by atoms with Crippen molar-refractivity contribution >= 4 is 23.3 Å². The molecule has 1 unspecified atom stereocenters. The third kappa shape index (κ3) is 3.81. The molecule has 1 atom stereocenters. The van der Waals surface area contributed by atoms with Crippen molar-refractivity contribution in [3.05, 3.63) is 28.8 Å². The first-order chi connectivity index (χ1) is 9.79. The molecule has 0 radical (unpaired) electrons. The smallest absolute Gasteiger partial charge is 0.417 e. The Morgan fingerprint density at radius 3 is 2.76 bits per heavy atom. The summed E-state index contributed by atoms with van der Waals surface area (Å²) in [7, 11) is 0. The largest absolute Gasteiger partial charge is 0.481 e. The standard InChI is InChI=1S/C14H15ClF3NO2/c15-13-10(14(16,17)18)2-1-3-11(13)19-7-6-9(8-19)4-5-12(20)21/h1-3,9H,4-8H2,(H,20,21). The van der Waals surface area contributed by atoms with Gasteiger partial charge in [-0.15, -0.1) is 0 Å². The SMILES string of the molecule is O=C(O)CCC1CCN(c2cccc(C(F)(F)F)c2Cl)C1. The maximum atomic E-state index is 12.8. The van der Waals surface area contributed by atoms with Gasteiger partial charge in [-0.1, -0.05) is 17.7 Å². The molecule has 1 fully saturated rings. The van der Waals surface area contributed by atoms with E-state index in [2.05, 4.69) is 0 Å². The summed E-state index contributed by atoms with van der Waals surface area (Å²) in [5.41, 5.74) is -0.472. The molecule has 21 heavy (non-hydrogen) atoms. The number of rotatable bonds is 4. The van der Waals surface area contributed by atoms with Crippen LogP contribution in [0.5, 0.6) is 0 Å². The Morgan fingerprint density at radius 2 is 2.14 bits per heavy atom. The first-order valence-electron chi connectivity index (χ1n) is 6.61. The fourth-order valence-corrected chi connectivity index (χ4v) is 2.95. The Hall–Kier alpha value is -1.43. The predicted octanol–water partition coefficient (Wildman–Crippen LogP) is 4.05. The molecule has 0 bridgehead atoms. The number of anilines is 1. The van der Waals surface area contributed by atoms with Crippen LogP contribution in [0.3, 0.4) is 0 Å². The lowest BCUT2D eigenvalue weighted by Crippen LogP contribution is -2.21. The zero-order chi connectivity index (χ0) is 15.6. The highest BCUT2D eigenvalue weighted by Gasteiger charge is 2.35. The van der Waals surface area contributed by atoms with E-state index in [1.807, 2.05) is 0 Å².